The standard InChI is InChI=1S/C24H24N2O4S/c1-29-19-11-12-22(30-2)21(15-19)26-24(28)16-31-20-10-6-9-18(14-20)25-23(27)13-17-7-4-3-5-8-17/h3-12,14-15H,13,16H2,1-2H3,(H,25,27)(H,26,28). The van der Waals surface area contributed by atoms with E-state index in [-0.39, 0.29) is 17.6 Å². The maximum atomic E-state index is 12.4. The van der Waals surface area contributed by atoms with Crippen LogP contribution < -0.4 is 20.1 Å². The molecule has 0 aliphatic heterocycles. The predicted molar refractivity (Wildman–Crippen MR) is 124 cm³/mol. The van der Waals surface area contributed by atoms with Gasteiger partial charge in [-0.1, -0.05) is 36.4 Å². The van der Waals surface area contributed by atoms with Gasteiger partial charge in [-0.2, -0.15) is 0 Å². The second-order valence-corrected chi connectivity index (χ2v) is 7.69. The molecular weight excluding hydrogens is 412 g/mol. The summed E-state index contributed by atoms with van der Waals surface area (Å²) in [6, 6.07) is 22.2. The Hall–Kier alpha value is -3.45. The molecular formula is C24H24N2O4S. The fourth-order valence-electron chi connectivity index (χ4n) is 2.90. The summed E-state index contributed by atoms with van der Waals surface area (Å²) >= 11 is 1.38. The number of methoxy groups -OCH3 is 2. The van der Waals surface area contributed by atoms with E-state index < -0.39 is 0 Å². The topological polar surface area (TPSA) is 76.7 Å². The summed E-state index contributed by atoms with van der Waals surface area (Å²) in [6.45, 7) is 0. The Morgan fingerprint density at radius 2 is 1.65 bits per heavy atom. The van der Waals surface area contributed by atoms with E-state index in [2.05, 4.69) is 10.6 Å². The molecule has 0 aliphatic rings. The molecule has 6 nitrogen and oxygen atoms in total. The SMILES string of the molecule is COc1ccc(OC)c(NC(=O)CSc2cccc(NC(=O)Cc3ccccc3)c2)c1. The van der Waals surface area contributed by atoms with Crippen LogP contribution in [0.2, 0.25) is 0 Å². The average molecular weight is 437 g/mol. The van der Waals surface area contributed by atoms with Crippen molar-refractivity contribution >= 4 is 35.0 Å². The number of carbonyl (C=O) groups is 2. The van der Waals surface area contributed by atoms with E-state index in [0.29, 0.717) is 29.3 Å². The Morgan fingerprint density at radius 1 is 0.839 bits per heavy atom. The lowest BCUT2D eigenvalue weighted by molar-refractivity contribution is -0.115. The monoisotopic (exact) mass is 436 g/mol. The van der Waals surface area contributed by atoms with Crippen molar-refractivity contribution < 1.29 is 19.1 Å². The Balaban J connectivity index is 1.55. The summed E-state index contributed by atoms with van der Waals surface area (Å²) in [7, 11) is 3.11. The van der Waals surface area contributed by atoms with Gasteiger partial charge < -0.3 is 20.1 Å². The van der Waals surface area contributed by atoms with Gasteiger partial charge in [-0.3, -0.25) is 9.59 Å². The number of benzene rings is 3. The maximum Gasteiger partial charge on any atom is 0.234 e. The van der Waals surface area contributed by atoms with Crippen molar-refractivity contribution in [2.45, 2.75) is 11.3 Å². The zero-order valence-electron chi connectivity index (χ0n) is 17.4. The molecule has 31 heavy (non-hydrogen) atoms. The van der Waals surface area contributed by atoms with Gasteiger partial charge in [0.1, 0.15) is 11.5 Å². The number of nitrogens with one attached hydrogen (secondary N) is 2. The Morgan fingerprint density at radius 3 is 2.39 bits per heavy atom. The van der Waals surface area contributed by atoms with Crippen LogP contribution in [0.4, 0.5) is 11.4 Å². The molecule has 0 fully saturated rings. The van der Waals surface area contributed by atoms with Gasteiger partial charge in [-0.05, 0) is 35.9 Å². The predicted octanol–water partition coefficient (Wildman–Crippen LogP) is 4.62. The smallest absolute Gasteiger partial charge is 0.234 e. The first kappa shape index (κ1) is 22.2. The number of hydrogen-bond acceptors (Lipinski definition) is 5. The van der Waals surface area contributed by atoms with Crippen LogP contribution in [-0.4, -0.2) is 31.8 Å². The molecule has 0 spiro atoms. The van der Waals surface area contributed by atoms with E-state index in [1.54, 1.807) is 32.4 Å². The summed E-state index contributed by atoms with van der Waals surface area (Å²) in [4.78, 5) is 25.6. The molecule has 0 unspecified atom stereocenters. The first-order chi connectivity index (χ1) is 15.1. The normalized spacial score (nSPS) is 10.3. The van der Waals surface area contributed by atoms with Crippen molar-refractivity contribution in [1.29, 1.82) is 0 Å². The summed E-state index contributed by atoms with van der Waals surface area (Å²) in [6.07, 6.45) is 0.309. The van der Waals surface area contributed by atoms with Gasteiger partial charge in [-0.25, -0.2) is 0 Å². The molecule has 2 N–H and O–H groups in total. The molecule has 0 bridgehead atoms. The third kappa shape index (κ3) is 6.79. The third-order valence-electron chi connectivity index (χ3n) is 4.38. The number of anilines is 2. The summed E-state index contributed by atoms with van der Waals surface area (Å²) in [5, 5.41) is 5.75. The average Bonchev–Trinajstić information content (AvgIpc) is 2.78. The van der Waals surface area contributed by atoms with Crippen LogP contribution in [0.1, 0.15) is 5.56 Å². The van der Waals surface area contributed by atoms with E-state index >= 15 is 0 Å². The van der Waals surface area contributed by atoms with E-state index in [4.69, 9.17) is 9.47 Å². The molecule has 0 saturated carbocycles. The lowest BCUT2D eigenvalue weighted by Gasteiger charge is -2.12. The highest BCUT2D eigenvalue weighted by Gasteiger charge is 2.10. The summed E-state index contributed by atoms with van der Waals surface area (Å²) in [5.74, 6) is 1.14. The molecule has 0 saturated heterocycles. The lowest BCUT2D eigenvalue weighted by Crippen LogP contribution is -2.15. The number of ether oxygens (including phenoxy) is 2. The first-order valence-electron chi connectivity index (χ1n) is 9.66. The second-order valence-electron chi connectivity index (χ2n) is 6.64. The minimum Gasteiger partial charge on any atom is -0.497 e. The van der Waals surface area contributed by atoms with Crippen LogP contribution in [0.15, 0.2) is 77.7 Å². The first-order valence-corrected chi connectivity index (χ1v) is 10.6. The maximum absolute atomic E-state index is 12.4. The minimum absolute atomic E-state index is 0.0868. The zero-order chi connectivity index (χ0) is 22.1. The lowest BCUT2D eigenvalue weighted by atomic mass is 10.1. The number of carbonyl (C=O) groups excluding carboxylic acids is 2. The van der Waals surface area contributed by atoms with Crippen LogP contribution in [0, 0.1) is 0 Å². The van der Waals surface area contributed by atoms with Crippen molar-refractivity contribution in [1.82, 2.24) is 0 Å². The second kappa shape index (κ2) is 11.1. The number of thioether (sulfide) groups is 1. The molecule has 0 aliphatic carbocycles. The highest BCUT2D eigenvalue weighted by atomic mass is 32.2. The van der Waals surface area contributed by atoms with E-state index in [1.807, 2.05) is 54.6 Å². The molecule has 2 amide bonds. The van der Waals surface area contributed by atoms with Gasteiger partial charge in [0.05, 0.1) is 32.1 Å². The molecule has 3 aromatic carbocycles. The largest absolute Gasteiger partial charge is 0.497 e. The summed E-state index contributed by atoms with van der Waals surface area (Å²) in [5.41, 5.74) is 2.20. The fourth-order valence-corrected chi connectivity index (χ4v) is 3.65. The molecule has 0 heterocycles. The summed E-state index contributed by atoms with van der Waals surface area (Å²) < 4.78 is 10.5. The fraction of sp³-hybridized carbons (Fsp3) is 0.167. The number of amides is 2. The number of rotatable bonds is 9. The van der Waals surface area contributed by atoms with E-state index in [9.17, 15) is 9.59 Å². The molecule has 160 valence electrons. The van der Waals surface area contributed by atoms with Gasteiger partial charge in [0, 0.05) is 16.6 Å². The van der Waals surface area contributed by atoms with Crippen LogP contribution in [-0.2, 0) is 16.0 Å². The Kier molecular flexibility index (Phi) is 7.95. The molecule has 0 radical (unpaired) electrons. The Bertz CT molecular complexity index is 1040. The number of hydrogen-bond donors (Lipinski definition) is 2. The van der Waals surface area contributed by atoms with Crippen molar-refractivity contribution in [2.75, 3.05) is 30.6 Å². The van der Waals surface area contributed by atoms with Crippen LogP contribution in [0.25, 0.3) is 0 Å². The van der Waals surface area contributed by atoms with Crippen LogP contribution in [0.3, 0.4) is 0 Å². The van der Waals surface area contributed by atoms with Crippen LogP contribution in [0.5, 0.6) is 11.5 Å². The van der Waals surface area contributed by atoms with Gasteiger partial charge in [0.2, 0.25) is 11.8 Å². The van der Waals surface area contributed by atoms with Gasteiger partial charge in [0.25, 0.3) is 0 Å². The van der Waals surface area contributed by atoms with Crippen molar-refractivity contribution in [3.63, 3.8) is 0 Å². The highest BCUT2D eigenvalue weighted by molar-refractivity contribution is 8.00. The van der Waals surface area contributed by atoms with E-state index in [1.165, 1.54) is 11.8 Å². The van der Waals surface area contributed by atoms with Gasteiger partial charge in [-0.15, -0.1) is 11.8 Å². The van der Waals surface area contributed by atoms with Crippen molar-refractivity contribution in [2.24, 2.45) is 0 Å². The molecule has 7 heteroatoms. The molecule has 0 atom stereocenters. The van der Waals surface area contributed by atoms with Crippen molar-refractivity contribution in [3.05, 3.63) is 78.4 Å². The molecule has 3 rings (SSSR count). The molecule has 3 aromatic rings. The highest BCUT2D eigenvalue weighted by Crippen LogP contribution is 2.29. The molecule has 0 aromatic heterocycles. The Labute approximate surface area is 186 Å². The third-order valence-corrected chi connectivity index (χ3v) is 5.37. The quantitative estimate of drug-likeness (QED) is 0.479. The van der Waals surface area contributed by atoms with Crippen LogP contribution >= 0.6 is 11.8 Å². The van der Waals surface area contributed by atoms with Gasteiger partial charge >= 0.3 is 0 Å². The van der Waals surface area contributed by atoms with Crippen molar-refractivity contribution in [3.8, 4) is 11.5 Å². The van der Waals surface area contributed by atoms with E-state index in [0.717, 1.165) is 10.5 Å². The minimum atomic E-state index is -0.171. The zero-order valence-corrected chi connectivity index (χ0v) is 18.2. The van der Waals surface area contributed by atoms with Gasteiger partial charge in [0.15, 0.2) is 0 Å².